The Balaban J connectivity index is 5.40. The summed E-state index contributed by atoms with van der Waals surface area (Å²) < 4.78 is 68.2. The van der Waals surface area contributed by atoms with Gasteiger partial charge in [-0.3, -0.25) is 37.3 Å². The van der Waals surface area contributed by atoms with Crippen LogP contribution in [0.4, 0.5) is 0 Å². The van der Waals surface area contributed by atoms with Crippen LogP contribution in [0.1, 0.15) is 310 Å². The van der Waals surface area contributed by atoms with Gasteiger partial charge in [0.2, 0.25) is 0 Å². The van der Waals surface area contributed by atoms with Crippen molar-refractivity contribution in [1.29, 1.82) is 0 Å². The van der Waals surface area contributed by atoms with E-state index in [9.17, 15) is 43.2 Å². The molecule has 0 aromatic carbocycles. The van der Waals surface area contributed by atoms with Crippen LogP contribution in [0.5, 0.6) is 0 Å². The standard InChI is InChI=1S/C77H134O17P2/c1-5-9-13-17-21-25-29-32-35-38-42-45-49-53-57-61-74(79)87-67-72(93-76(81)63-59-55-51-47-41-28-24-20-16-12-8-4)69-91-95(83,84)89-65-71(78)66-90-96(85,86)92-70-73(94-77(82)64-60-56-52-48-44-40-37-34-31-27-23-19-15-11-7-3)68-88-75(80)62-58-54-50-46-43-39-36-33-30-26-22-18-14-10-6-2/h10,14,22-23,26-27,32-37,43,46,54,58,71-73,78H,5-9,11-13,15-21,24-25,28-31,38-42,44-45,47-53,55-57,59-70H2,1-4H3,(H,83,84)(H,85,86)/b14-10-,26-22-,27-23-,35-32-,36-33-,37-34-,46-43-,58-54-. The van der Waals surface area contributed by atoms with Gasteiger partial charge >= 0.3 is 39.5 Å². The Morgan fingerprint density at radius 2 is 0.583 bits per heavy atom. The van der Waals surface area contributed by atoms with Crippen molar-refractivity contribution < 1.29 is 80.2 Å². The molecular weight excluding hydrogens is 1260 g/mol. The largest absolute Gasteiger partial charge is 0.472 e. The molecule has 0 aromatic rings. The maximum atomic E-state index is 13.0. The van der Waals surface area contributed by atoms with E-state index in [1.807, 2.05) is 18.2 Å². The Morgan fingerprint density at radius 1 is 0.312 bits per heavy atom. The molecule has 17 nitrogen and oxygen atoms in total. The first kappa shape index (κ1) is 92.0. The Hall–Kier alpha value is -4.02. The summed E-state index contributed by atoms with van der Waals surface area (Å²) >= 11 is 0. The number of aliphatic hydroxyl groups is 1. The zero-order valence-corrected chi connectivity index (χ0v) is 62.1. The van der Waals surface area contributed by atoms with E-state index in [1.165, 1.54) is 96.3 Å². The highest BCUT2D eigenvalue weighted by Crippen LogP contribution is 2.45. The van der Waals surface area contributed by atoms with Crippen LogP contribution in [0.25, 0.3) is 0 Å². The molecule has 0 radical (unpaired) electrons. The molecule has 554 valence electrons. The first-order valence-corrected chi connectivity index (χ1v) is 40.5. The molecule has 0 bridgehead atoms. The highest BCUT2D eigenvalue weighted by Gasteiger charge is 2.30. The highest BCUT2D eigenvalue weighted by molar-refractivity contribution is 7.47. The number of carbonyl (C=O) groups is 4. The fourth-order valence-electron chi connectivity index (χ4n) is 9.85. The van der Waals surface area contributed by atoms with Crippen LogP contribution in [0.15, 0.2) is 97.2 Å². The maximum absolute atomic E-state index is 13.0. The number of hydrogen-bond acceptors (Lipinski definition) is 15. The Morgan fingerprint density at radius 3 is 0.958 bits per heavy atom. The van der Waals surface area contributed by atoms with Crippen molar-refractivity contribution in [3.05, 3.63) is 97.2 Å². The van der Waals surface area contributed by atoms with Gasteiger partial charge in [0.15, 0.2) is 12.2 Å². The third-order valence-corrected chi connectivity index (χ3v) is 17.5. The molecule has 0 fully saturated rings. The lowest BCUT2D eigenvalue weighted by molar-refractivity contribution is -0.161. The molecule has 0 aliphatic carbocycles. The van der Waals surface area contributed by atoms with Gasteiger partial charge in [0.05, 0.1) is 32.8 Å². The van der Waals surface area contributed by atoms with Crippen molar-refractivity contribution in [1.82, 2.24) is 0 Å². The second-order valence-electron chi connectivity index (χ2n) is 24.9. The van der Waals surface area contributed by atoms with E-state index in [0.717, 1.165) is 135 Å². The Labute approximate surface area is 582 Å². The van der Waals surface area contributed by atoms with Crippen LogP contribution in [-0.4, -0.2) is 96.7 Å². The van der Waals surface area contributed by atoms with Crippen molar-refractivity contribution in [2.75, 3.05) is 39.6 Å². The van der Waals surface area contributed by atoms with E-state index in [2.05, 4.69) is 101 Å². The smallest absolute Gasteiger partial charge is 0.462 e. The van der Waals surface area contributed by atoms with Crippen molar-refractivity contribution in [3.8, 4) is 0 Å². The molecule has 3 N–H and O–H groups in total. The number of ether oxygens (including phenoxy) is 4. The summed E-state index contributed by atoms with van der Waals surface area (Å²) in [6, 6.07) is 0. The Kier molecular flexibility index (Phi) is 66.6. The van der Waals surface area contributed by atoms with Gasteiger partial charge in [-0.05, 0) is 109 Å². The molecular formula is C77H134O17P2. The van der Waals surface area contributed by atoms with Crippen molar-refractivity contribution in [3.63, 3.8) is 0 Å². The first-order valence-electron chi connectivity index (χ1n) is 37.5. The van der Waals surface area contributed by atoms with E-state index in [1.54, 1.807) is 6.08 Å². The molecule has 96 heavy (non-hydrogen) atoms. The molecule has 5 unspecified atom stereocenters. The second kappa shape index (κ2) is 69.5. The maximum Gasteiger partial charge on any atom is 0.472 e. The lowest BCUT2D eigenvalue weighted by Gasteiger charge is -2.21. The predicted molar refractivity (Wildman–Crippen MR) is 390 cm³/mol. The third-order valence-electron chi connectivity index (χ3n) is 15.6. The molecule has 5 atom stereocenters. The molecule has 0 aliphatic heterocycles. The molecule has 0 aromatic heterocycles. The lowest BCUT2D eigenvalue weighted by atomic mass is 10.1. The summed E-state index contributed by atoms with van der Waals surface area (Å²) in [5.74, 6) is -2.34. The van der Waals surface area contributed by atoms with Gasteiger partial charge in [-0.1, -0.05) is 273 Å². The minimum Gasteiger partial charge on any atom is -0.462 e. The van der Waals surface area contributed by atoms with Gasteiger partial charge in [0.25, 0.3) is 0 Å². The molecule has 0 saturated heterocycles. The Bertz CT molecular complexity index is 2200. The molecule has 0 heterocycles. The van der Waals surface area contributed by atoms with Gasteiger partial charge in [-0.25, -0.2) is 9.13 Å². The number of phosphoric ester groups is 2. The summed E-state index contributed by atoms with van der Waals surface area (Å²) in [6.07, 6.45) is 71.5. The molecule has 0 spiro atoms. The number of esters is 4. The van der Waals surface area contributed by atoms with Gasteiger partial charge in [-0.2, -0.15) is 0 Å². The number of phosphoric acid groups is 2. The molecule has 19 heteroatoms. The van der Waals surface area contributed by atoms with Crippen LogP contribution >= 0.6 is 15.6 Å². The topological polar surface area (TPSA) is 237 Å². The SMILES string of the molecule is CC/C=C\C/C=C\C/C=C\C/C=C\C/C=C\CC(=O)OCC(COP(=O)(O)OCC(O)COP(=O)(O)OCC(COC(=O)CCCCCCC/C=C\CCCCCCCC)OC(=O)CCCCCCCCCCCCC)OC(=O)CCCCCCC/C=C\C/C=C\CCCCC. The van der Waals surface area contributed by atoms with Gasteiger partial charge in [-0.15, -0.1) is 0 Å². The second-order valence-corrected chi connectivity index (χ2v) is 27.8. The lowest BCUT2D eigenvalue weighted by Crippen LogP contribution is -2.30. The zero-order valence-electron chi connectivity index (χ0n) is 60.3. The van der Waals surface area contributed by atoms with Gasteiger partial charge in [0, 0.05) is 19.3 Å². The average Bonchev–Trinajstić information content (AvgIpc) is 1.09. The number of allylic oxidation sites excluding steroid dienone is 15. The van der Waals surface area contributed by atoms with Crippen LogP contribution in [-0.2, 0) is 65.4 Å². The summed E-state index contributed by atoms with van der Waals surface area (Å²) in [5, 5.41) is 10.6. The summed E-state index contributed by atoms with van der Waals surface area (Å²) in [7, 11) is -9.97. The zero-order chi connectivity index (χ0) is 70.4. The fourth-order valence-corrected chi connectivity index (χ4v) is 11.4. The van der Waals surface area contributed by atoms with E-state index in [-0.39, 0.29) is 25.7 Å². The van der Waals surface area contributed by atoms with Gasteiger partial charge < -0.3 is 33.8 Å². The number of carbonyl (C=O) groups excluding carboxylic acids is 4. The number of hydrogen-bond donors (Lipinski definition) is 3. The summed E-state index contributed by atoms with van der Waals surface area (Å²) in [5.41, 5.74) is 0. The number of unbranched alkanes of at least 4 members (excludes halogenated alkanes) is 29. The van der Waals surface area contributed by atoms with Crippen LogP contribution in [0, 0.1) is 0 Å². The van der Waals surface area contributed by atoms with Crippen LogP contribution in [0.2, 0.25) is 0 Å². The van der Waals surface area contributed by atoms with E-state index in [4.69, 9.17) is 37.0 Å². The number of rotatable bonds is 70. The normalized spacial score (nSPS) is 14.5. The molecule has 0 saturated carbocycles. The van der Waals surface area contributed by atoms with E-state index in [0.29, 0.717) is 25.7 Å². The van der Waals surface area contributed by atoms with E-state index < -0.39 is 97.5 Å². The minimum absolute atomic E-state index is 0.0594. The molecule has 0 amide bonds. The molecule has 0 aliphatic rings. The third kappa shape index (κ3) is 68.5. The predicted octanol–water partition coefficient (Wildman–Crippen LogP) is 21.2. The van der Waals surface area contributed by atoms with Crippen LogP contribution < -0.4 is 0 Å². The van der Waals surface area contributed by atoms with Gasteiger partial charge in [0.1, 0.15) is 19.3 Å². The van der Waals surface area contributed by atoms with Crippen molar-refractivity contribution in [2.24, 2.45) is 0 Å². The highest BCUT2D eigenvalue weighted by atomic mass is 31.2. The van der Waals surface area contributed by atoms with Crippen LogP contribution in [0.3, 0.4) is 0 Å². The summed E-state index contributed by atoms with van der Waals surface area (Å²) in [4.78, 5) is 72.7. The average molecular weight is 1390 g/mol. The number of aliphatic hydroxyl groups excluding tert-OH is 1. The fraction of sp³-hybridized carbons (Fsp3) is 0.740. The van der Waals surface area contributed by atoms with Crippen molar-refractivity contribution in [2.45, 2.75) is 329 Å². The van der Waals surface area contributed by atoms with E-state index >= 15 is 0 Å². The molecule has 0 rings (SSSR count). The minimum atomic E-state index is -4.99. The van der Waals surface area contributed by atoms with Crippen molar-refractivity contribution >= 4 is 39.5 Å². The quantitative estimate of drug-likeness (QED) is 0.0169. The summed E-state index contributed by atoms with van der Waals surface area (Å²) in [6.45, 7) is 4.59. The monoisotopic (exact) mass is 1390 g/mol. The first-order chi connectivity index (χ1) is 46.7.